The van der Waals surface area contributed by atoms with Crippen molar-refractivity contribution in [3.05, 3.63) is 64.7 Å². The van der Waals surface area contributed by atoms with E-state index in [-0.39, 0.29) is 0 Å². The topological polar surface area (TPSA) is 81.4 Å². The number of carbonyl (C=O) groups is 2. The lowest BCUT2D eigenvalue weighted by Crippen LogP contribution is -2.21. The Balaban J connectivity index is 1.95. The average Bonchev–Trinajstić information content (AvgIpc) is 2.55. The van der Waals surface area contributed by atoms with E-state index in [1.165, 1.54) is 0 Å². The molecule has 0 spiro atoms. The smallest absolute Gasteiger partial charge is 0.340 e. The maximum atomic E-state index is 12.0. The summed E-state index contributed by atoms with van der Waals surface area (Å²) in [6, 6.07) is 14.5. The van der Waals surface area contributed by atoms with Crippen LogP contribution in [0, 0.1) is 0 Å². The minimum absolute atomic E-state index is 0.366. The van der Waals surface area contributed by atoms with Crippen LogP contribution in [-0.4, -0.2) is 25.0 Å². The number of benzene rings is 2. The van der Waals surface area contributed by atoms with Gasteiger partial charge in [0.25, 0.3) is 5.91 Å². The largest absolute Gasteiger partial charge is 0.452 e. The van der Waals surface area contributed by atoms with Crippen molar-refractivity contribution in [1.82, 2.24) is 0 Å². The Morgan fingerprint density at radius 3 is 2.48 bits per heavy atom. The number of amides is 1. The predicted molar refractivity (Wildman–Crippen MR) is 89.6 cm³/mol. The van der Waals surface area contributed by atoms with E-state index >= 15 is 0 Å². The fourth-order valence-corrected chi connectivity index (χ4v) is 2.15. The second kappa shape index (κ2) is 8.19. The lowest BCUT2D eigenvalue weighted by Gasteiger charge is -2.11. The number of ether oxygens (including phenoxy) is 1. The molecule has 2 aromatic rings. The molecule has 0 aliphatic rings. The van der Waals surface area contributed by atoms with Gasteiger partial charge in [-0.25, -0.2) is 4.79 Å². The number of rotatable bonds is 7. The molecule has 0 saturated heterocycles. The van der Waals surface area contributed by atoms with Gasteiger partial charge in [-0.3, -0.25) is 4.79 Å². The number of hydrogen-bond donors (Lipinski definition) is 2. The second-order valence-corrected chi connectivity index (χ2v) is 5.33. The van der Waals surface area contributed by atoms with E-state index in [4.69, 9.17) is 22.1 Å². The van der Waals surface area contributed by atoms with E-state index in [9.17, 15) is 9.59 Å². The zero-order chi connectivity index (χ0) is 16.7. The van der Waals surface area contributed by atoms with Crippen LogP contribution in [0.2, 0.25) is 5.02 Å². The number of hydrogen-bond acceptors (Lipinski definition) is 4. The first-order valence-electron chi connectivity index (χ1n) is 7.09. The molecule has 0 aromatic heterocycles. The van der Waals surface area contributed by atoms with Crippen LogP contribution >= 0.6 is 11.6 Å². The third-order valence-corrected chi connectivity index (χ3v) is 3.39. The summed E-state index contributed by atoms with van der Waals surface area (Å²) in [5.74, 6) is -1.27. The molecule has 3 N–H and O–H groups in total. The van der Waals surface area contributed by atoms with Gasteiger partial charge in [0, 0.05) is 17.3 Å². The number of primary amides is 1. The first-order chi connectivity index (χ1) is 11.1. The number of carbonyl (C=O) groups excluding carboxylic acids is 2. The number of nitrogens with one attached hydrogen (secondary N) is 1. The van der Waals surface area contributed by atoms with Crippen LogP contribution < -0.4 is 11.1 Å². The van der Waals surface area contributed by atoms with Crippen molar-refractivity contribution < 1.29 is 14.3 Å². The highest BCUT2D eigenvalue weighted by atomic mass is 35.5. The van der Waals surface area contributed by atoms with Crippen LogP contribution in [-0.2, 0) is 16.0 Å². The predicted octanol–water partition coefficient (Wildman–Crippen LogP) is 2.64. The summed E-state index contributed by atoms with van der Waals surface area (Å²) in [5, 5.41) is 3.89. The van der Waals surface area contributed by atoms with Crippen LogP contribution in [0.25, 0.3) is 0 Å². The van der Waals surface area contributed by atoms with Crippen molar-refractivity contribution in [2.24, 2.45) is 5.73 Å². The first-order valence-corrected chi connectivity index (χ1v) is 7.47. The fraction of sp³-hybridized carbons (Fsp3) is 0.176. The molecule has 1 amide bonds. The second-order valence-electron chi connectivity index (χ2n) is 4.89. The summed E-state index contributed by atoms with van der Waals surface area (Å²) in [4.78, 5) is 22.6. The van der Waals surface area contributed by atoms with E-state index in [0.29, 0.717) is 22.8 Å². The number of esters is 1. The SMILES string of the molecule is NC(=O)COC(=O)c1ccccc1NCCc1ccc(Cl)cc1. The maximum absolute atomic E-state index is 12.0. The minimum atomic E-state index is -0.688. The van der Waals surface area contributed by atoms with Crippen LogP contribution in [0.15, 0.2) is 48.5 Å². The molecule has 0 heterocycles. The Morgan fingerprint density at radius 2 is 1.78 bits per heavy atom. The van der Waals surface area contributed by atoms with E-state index in [1.54, 1.807) is 18.2 Å². The van der Waals surface area contributed by atoms with Gasteiger partial charge in [-0.2, -0.15) is 0 Å². The summed E-state index contributed by atoms with van der Waals surface area (Å²) in [7, 11) is 0. The molecule has 0 atom stereocenters. The molecule has 120 valence electrons. The summed E-state index contributed by atoms with van der Waals surface area (Å²) < 4.78 is 4.84. The molecule has 2 rings (SSSR count). The van der Waals surface area contributed by atoms with Gasteiger partial charge in [-0.1, -0.05) is 35.9 Å². The minimum Gasteiger partial charge on any atom is -0.452 e. The quantitative estimate of drug-likeness (QED) is 0.764. The van der Waals surface area contributed by atoms with Gasteiger partial charge in [0.15, 0.2) is 6.61 Å². The van der Waals surface area contributed by atoms with Gasteiger partial charge in [-0.05, 0) is 36.2 Å². The normalized spacial score (nSPS) is 10.1. The van der Waals surface area contributed by atoms with Crippen LogP contribution in [0.5, 0.6) is 0 Å². The highest BCUT2D eigenvalue weighted by Crippen LogP contribution is 2.16. The van der Waals surface area contributed by atoms with Crippen molar-refractivity contribution >= 4 is 29.2 Å². The van der Waals surface area contributed by atoms with Crippen LogP contribution in [0.4, 0.5) is 5.69 Å². The summed E-state index contributed by atoms with van der Waals surface area (Å²) in [6.07, 6.45) is 0.780. The van der Waals surface area contributed by atoms with Gasteiger partial charge in [0.1, 0.15) is 0 Å². The molecule has 5 nitrogen and oxygen atoms in total. The number of anilines is 1. The standard InChI is InChI=1S/C17H17ClN2O3/c18-13-7-5-12(6-8-13)9-10-20-15-4-2-1-3-14(15)17(22)23-11-16(19)21/h1-8,20H,9-11H2,(H2,19,21). The molecular weight excluding hydrogens is 316 g/mol. The Kier molecular flexibility index (Phi) is 6.00. The molecule has 2 aromatic carbocycles. The van der Waals surface area contributed by atoms with Crippen molar-refractivity contribution in [2.75, 3.05) is 18.5 Å². The zero-order valence-corrected chi connectivity index (χ0v) is 13.2. The Bertz CT molecular complexity index is 686. The van der Waals surface area contributed by atoms with Crippen molar-refractivity contribution in [3.63, 3.8) is 0 Å². The molecule has 0 fully saturated rings. The Hall–Kier alpha value is -2.53. The molecule has 0 aliphatic heterocycles. The highest BCUT2D eigenvalue weighted by molar-refractivity contribution is 6.30. The number of halogens is 1. The lowest BCUT2D eigenvalue weighted by molar-refractivity contribution is -0.121. The molecule has 0 saturated carbocycles. The third kappa shape index (κ3) is 5.30. The van der Waals surface area contributed by atoms with Crippen molar-refractivity contribution in [3.8, 4) is 0 Å². The number of nitrogens with two attached hydrogens (primary N) is 1. The highest BCUT2D eigenvalue weighted by Gasteiger charge is 2.13. The molecule has 6 heteroatoms. The summed E-state index contributed by atoms with van der Waals surface area (Å²) in [6.45, 7) is 0.208. The fourth-order valence-electron chi connectivity index (χ4n) is 2.02. The van der Waals surface area contributed by atoms with Gasteiger partial charge in [0.05, 0.1) is 5.56 Å². The zero-order valence-electron chi connectivity index (χ0n) is 12.4. The van der Waals surface area contributed by atoms with E-state index in [2.05, 4.69) is 5.32 Å². The molecule has 0 aliphatic carbocycles. The molecule has 0 unspecified atom stereocenters. The molecule has 0 radical (unpaired) electrons. The maximum Gasteiger partial charge on any atom is 0.340 e. The van der Waals surface area contributed by atoms with Gasteiger partial charge in [-0.15, -0.1) is 0 Å². The van der Waals surface area contributed by atoms with Gasteiger partial charge < -0.3 is 15.8 Å². The third-order valence-electron chi connectivity index (χ3n) is 3.13. The Morgan fingerprint density at radius 1 is 1.09 bits per heavy atom. The molecular formula is C17H17ClN2O3. The van der Waals surface area contributed by atoms with Crippen molar-refractivity contribution in [2.45, 2.75) is 6.42 Å². The lowest BCUT2D eigenvalue weighted by atomic mass is 10.1. The van der Waals surface area contributed by atoms with Crippen LogP contribution in [0.3, 0.4) is 0 Å². The van der Waals surface area contributed by atoms with Crippen LogP contribution in [0.1, 0.15) is 15.9 Å². The van der Waals surface area contributed by atoms with E-state index < -0.39 is 18.5 Å². The van der Waals surface area contributed by atoms with E-state index in [1.807, 2.05) is 30.3 Å². The molecule has 23 heavy (non-hydrogen) atoms. The molecule has 0 bridgehead atoms. The first kappa shape index (κ1) is 16.8. The summed E-state index contributed by atoms with van der Waals surface area (Å²) in [5.41, 5.74) is 7.12. The van der Waals surface area contributed by atoms with Crippen molar-refractivity contribution in [1.29, 1.82) is 0 Å². The monoisotopic (exact) mass is 332 g/mol. The van der Waals surface area contributed by atoms with Gasteiger partial charge in [0.2, 0.25) is 0 Å². The number of para-hydroxylation sites is 1. The van der Waals surface area contributed by atoms with Gasteiger partial charge >= 0.3 is 5.97 Å². The van der Waals surface area contributed by atoms with E-state index in [0.717, 1.165) is 12.0 Å². The summed E-state index contributed by atoms with van der Waals surface area (Å²) >= 11 is 5.85. The average molecular weight is 333 g/mol. The Labute approximate surface area is 139 Å².